The summed E-state index contributed by atoms with van der Waals surface area (Å²) in [4.78, 5) is 25.3. The highest BCUT2D eigenvalue weighted by Crippen LogP contribution is 2.37. The van der Waals surface area contributed by atoms with Gasteiger partial charge in [0.15, 0.2) is 5.75 Å². The molecule has 0 saturated carbocycles. The average Bonchev–Trinajstić information content (AvgIpc) is 2.55. The smallest absolute Gasteiger partial charge is 0.415 e. The largest absolute Gasteiger partial charge is 0.490 e. The zero-order valence-electron chi connectivity index (χ0n) is 16.0. The Kier molecular flexibility index (Phi) is 6.07. The third-order valence-electron chi connectivity index (χ3n) is 4.22. The molecule has 1 aromatic rings. The number of anilines is 1. The summed E-state index contributed by atoms with van der Waals surface area (Å²) in [6.45, 7) is 8.79. The van der Waals surface area contributed by atoms with Gasteiger partial charge in [-0.25, -0.2) is 4.79 Å². The zero-order valence-corrected chi connectivity index (χ0v) is 16.0. The Morgan fingerprint density at radius 2 is 1.92 bits per heavy atom. The third-order valence-corrected chi connectivity index (χ3v) is 4.22. The summed E-state index contributed by atoms with van der Waals surface area (Å²) in [6.07, 6.45) is 1.10. The maximum absolute atomic E-state index is 12.9. The fraction of sp³-hybridized carbons (Fsp3) is 0.611. The lowest BCUT2D eigenvalue weighted by atomic mass is 10.0. The first-order chi connectivity index (χ1) is 12.1. The maximum atomic E-state index is 12.9. The number of nitrogens with one attached hydrogen (secondary N) is 1. The maximum Gasteiger partial charge on any atom is 0.415 e. The van der Waals surface area contributed by atoms with Gasteiger partial charge in [-0.1, -0.05) is 0 Å². The van der Waals surface area contributed by atoms with Crippen molar-refractivity contribution in [1.29, 1.82) is 0 Å². The standard InChI is InChI=1S/C18H27N3O5/c1-12-10-15(21(23)24)16(25-5)11-14(12)20(13-6-8-19-9-7-13)17(22)26-18(2,3)4/h10-11,13,19H,6-9H2,1-5H3. The first-order valence-electron chi connectivity index (χ1n) is 8.70. The number of benzene rings is 1. The number of ether oxygens (including phenoxy) is 2. The van der Waals surface area contributed by atoms with E-state index in [4.69, 9.17) is 9.47 Å². The highest BCUT2D eigenvalue weighted by molar-refractivity contribution is 5.90. The van der Waals surface area contributed by atoms with Crippen molar-refractivity contribution in [2.45, 2.75) is 52.2 Å². The Hall–Kier alpha value is -2.35. The van der Waals surface area contributed by atoms with Gasteiger partial charge < -0.3 is 14.8 Å². The van der Waals surface area contributed by atoms with Crippen LogP contribution in [-0.4, -0.2) is 42.9 Å². The number of rotatable bonds is 4. The molecule has 0 aliphatic carbocycles. The van der Waals surface area contributed by atoms with Gasteiger partial charge in [0.1, 0.15) is 5.60 Å². The van der Waals surface area contributed by atoms with E-state index in [9.17, 15) is 14.9 Å². The number of aryl methyl sites for hydroxylation is 1. The molecule has 0 radical (unpaired) electrons. The molecule has 1 amide bonds. The van der Waals surface area contributed by atoms with Crippen LogP contribution in [0.5, 0.6) is 5.75 Å². The van der Waals surface area contributed by atoms with Crippen molar-refractivity contribution in [3.8, 4) is 5.75 Å². The van der Waals surface area contributed by atoms with Crippen molar-refractivity contribution in [1.82, 2.24) is 5.32 Å². The van der Waals surface area contributed by atoms with Crippen molar-refractivity contribution in [3.05, 3.63) is 27.8 Å². The number of amides is 1. The molecule has 1 aromatic carbocycles. The van der Waals surface area contributed by atoms with Crippen LogP contribution in [0.1, 0.15) is 39.2 Å². The summed E-state index contributed by atoms with van der Waals surface area (Å²) in [6, 6.07) is 2.95. The number of nitrogens with zero attached hydrogens (tertiary/aromatic N) is 2. The quantitative estimate of drug-likeness (QED) is 0.649. The molecule has 0 unspecified atom stereocenters. The molecule has 1 N–H and O–H groups in total. The molecule has 1 heterocycles. The van der Waals surface area contributed by atoms with Gasteiger partial charge in [-0.15, -0.1) is 0 Å². The van der Waals surface area contributed by atoms with E-state index >= 15 is 0 Å². The van der Waals surface area contributed by atoms with E-state index < -0.39 is 16.6 Å². The van der Waals surface area contributed by atoms with Crippen LogP contribution >= 0.6 is 0 Å². The second-order valence-corrected chi connectivity index (χ2v) is 7.40. The molecule has 1 aliphatic heterocycles. The molecule has 0 spiro atoms. The van der Waals surface area contributed by atoms with Crippen LogP contribution in [0, 0.1) is 17.0 Å². The second kappa shape index (κ2) is 7.90. The SMILES string of the molecule is COc1cc(N(C(=O)OC(C)(C)C)C2CCNCC2)c(C)cc1[N+](=O)[O-]. The minimum absolute atomic E-state index is 0.0454. The molecule has 0 aromatic heterocycles. The van der Waals surface area contributed by atoms with Gasteiger partial charge in [0.2, 0.25) is 0 Å². The molecule has 8 heteroatoms. The minimum atomic E-state index is -0.638. The van der Waals surface area contributed by atoms with Gasteiger partial charge in [0, 0.05) is 18.2 Å². The van der Waals surface area contributed by atoms with E-state index in [0.29, 0.717) is 11.3 Å². The highest BCUT2D eigenvalue weighted by atomic mass is 16.6. The van der Waals surface area contributed by atoms with Crippen LogP contribution in [-0.2, 0) is 4.74 Å². The van der Waals surface area contributed by atoms with Crippen LogP contribution in [0.2, 0.25) is 0 Å². The number of carbonyl (C=O) groups is 1. The first kappa shape index (κ1) is 20.0. The number of hydrogen-bond acceptors (Lipinski definition) is 6. The predicted molar refractivity (Wildman–Crippen MR) is 99.0 cm³/mol. The molecule has 144 valence electrons. The van der Waals surface area contributed by atoms with Crippen LogP contribution in [0.15, 0.2) is 12.1 Å². The Labute approximate surface area is 153 Å². The Morgan fingerprint density at radius 1 is 1.31 bits per heavy atom. The molecule has 2 rings (SSSR count). The monoisotopic (exact) mass is 365 g/mol. The van der Waals surface area contributed by atoms with Gasteiger partial charge in [0.05, 0.1) is 17.7 Å². The Balaban J connectivity index is 2.50. The molecule has 8 nitrogen and oxygen atoms in total. The highest BCUT2D eigenvalue weighted by Gasteiger charge is 2.33. The van der Waals surface area contributed by atoms with E-state index in [1.165, 1.54) is 13.2 Å². The summed E-state index contributed by atoms with van der Waals surface area (Å²) >= 11 is 0. The number of carbonyl (C=O) groups excluding carboxylic acids is 1. The molecular weight excluding hydrogens is 338 g/mol. The van der Waals surface area contributed by atoms with Crippen molar-refractivity contribution in [2.75, 3.05) is 25.1 Å². The summed E-state index contributed by atoms with van der Waals surface area (Å²) in [5.74, 6) is 0.123. The molecule has 0 bridgehead atoms. The molecule has 0 atom stereocenters. The number of nitro benzene ring substituents is 1. The number of piperidine rings is 1. The fourth-order valence-electron chi connectivity index (χ4n) is 3.05. The minimum Gasteiger partial charge on any atom is -0.490 e. The van der Waals surface area contributed by atoms with Gasteiger partial charge >= 0.3 is 11.8 Å². The topological polar surface area (TPSA) is 93.9 Å². The van der Waals surface area contributed by atoms with Crippen LogP contribution < -0.4 is 15.0 Å². The lowest BCUT2D eigenvalue weighted by molar-refractivity contribution is -0.385. The number of nitro groups is 1. The van der Waals surface area contributed by atoms with Gasteiger partial charge in [-0.05, 0) is 59.2 Å². The van der Waals surface area contributed by atoms with E-state index in [1.807, 2.05) is 20.8 Å². The molecule has 26 heavy (non-hydrogen) atoms. The summed E-state index contributed by atoms with van der Waals surface area (Å²) in [5.41, 5.74) is 0.444. The average molecular weight is 365 g/mol. The molecular formula is C18H27N3O5. The van der Waals surface area contributed by atoms with E-state index in [2.05, 4.69) is 5.32 Å². The normalized spacial score (nSPS) is 15.4. The van der Waals surface area contributed by atoms with E-state index in [0.717, 1.165) is 25.9 Å². The first-order valence-corrected chi connectivity index (χ1v) is 8.70. The van der Waals surface area contributed by atoms with Crippen LogP contribution in [0.3, 0.4) is 0 Å². The Bertz CT molecular complexity index is 678. The van der Waals surface area contributed by atoms with Crippen molar-refractivity contribution in [2.24, 2.45) is 0 Å². The van der Waals surface area contributed by atoms with Crippen LogP contribution in [0.25, 0.3) is 0 Å². The van der Waals surface area contributed by atoms with Crippen molar-refractivity contribution < 1.29 is 19.2 Å². The third kappa shape index (κ3) is 4.63. The van der Waals surface area contributed by atoms with E-state index in [1.54, 1.807) is 17.9 Å². The fourth-order valence-corrected chi connectivity index (χ4v) is 3.05. The van der Waals surface area contributed by atoms with E-state index in [-0.39, 0.29) is 17.5 Å². The molecule has 1 fully saturated rings. The van der Waals surface area contributed by atoms with Gasteiger partial charge in [-0.2, -0.15) is 0 Å². The van der Waals surface area contributed by atoms with Crippen molar-refractivity contribution in [3.63, 3.8) is 0 Å². The summed E-state index contributed by atoms with van der Waals surface area (Å²) in [5, 5.41) is 14.5. The van der Waals surface area contributed by atoms with Crippen molar-refractivity contribution >= 4 is 17.5 Å². The predicted octanol–water partition coefficient (Wildman–Crippen LogP) is 3.41. The van der Waals surface area contributed by atoms with Crippen LogP contribution in [0.4, 0.5) is 16.2 Å². The second-order valence-electron chi connectivity index (χ2n) is 7.40. The Morgan fingerprint density at radius 3 is 2.42 bits per heavy atom. The lowest BCUT2D eigenvalue weighted by Gasteiger charge is -2.36. The molecule has 1 saturated heterocycles. The summed E-state index contributed by atoms with van der Waals surface area (Å²) < 4.78 is 10.8. The lowest BCUT2D eigenvalue weighted by Crippen LogP contribution is -2.48. The zero-order chi connectivity index (χ0) is 19.5. The van der Waals surface area contributed by atoms with Gasteiger partial charge in [0.25, 0.3) is 0 Å². The molecule has 1 aliphatic rings. The summed E-state index contributed by atoms with van der Waals surface area (Å²) in [7, 11) is 1.38. The number of hydrogen-bond donors (Lipinski definition) is 1. The van der Waals surface area contributed by atoms with Gasteiger partial charge in [-0.3, -0.25) is 15.0 Å². The number of methoxy groups -OCH3 is 1.